The summed E-state index contributed by atoms with van der Waals surface area (Å²) in [5, 5.41) is 9.50. The van der Waals surface area contributed by atoms with Crippen LogP contribution in [0.15, 0.2) is 66.7 Å². The molecule has 116 valence electrons. The van der Waals surface area contributed by atoms with Gasteiger partial charge in [0.1, 0.15) is 5.75 Å². The molecule has 0 radical (unpaired) electrons. The first kappa shape index (κ1) is 15.3. The molecule has 0 unspecified atom stereocenters. The van der Waals surface area contributed by atoms with Gasteiger partial charge in [0.25, 0.3) is 0 Å². The van der Waals surface area contributed by atoms with Gasteiger partial charge in [-0.2, -0.15) is 0 Å². The van der Waals surface area contributed by atoms with Gasteiger partial charge in [-0.25, -0.2) is 0 Å². The summed E-state index contributed by atoms with van der Waals surface area (Å²) in [7, 11) is 1.65. The zero-order chi connectivity index (χ0) is 16.1. The summed E-state index contributed by atoms with van der Waals surface area (Å²) in [6, 6.07) is 22.3. The van der Waals surface area contributed by atoms with Gasteiger partial charge in [0.05, 0.1) is 7.11 Å². The standard InChI is InChI=1S/C19H18N2OS/c1-22-17-10-5-9-16(12-17)21-19(23)20-13-15-8-4-7-14-6-2-3-11-18(14)15/h2-12H,13H2,1H3,(H2,20,21,23). The van der Waals surface area contributed by atoms with Crippen molar-refractivity contribution in [2.24, 2.45) is 0 Å². The van der Waals surface area contributed by atoms with Gasteiger partial charge in [0, 0.05) is 18.3 Å². The van der Waals surface area contributed by atoms with Crippen LogP contribution < -0.4 is 15.4 Å². The van der Waals surface area contributed by atoms with Gasteiger partial charge in [-0.1, -0.05) is 48.5 Å². The smallest absolute Gasteiger partial charge is 0.171 e. The molecule has 0 fully saturated rings. The minimum Gasteiger partial charge on any atom is -0.497 e. The Hall–Kier alpha value is -2.59. The average Bonchev–Trinajstić information content (AvgIpc) is 2.60. The molecule has 0 spiro atoms. The third-order valence-electron chi connectivity index (χ3n) is 3.65. The second kappa shape index (κ2) is 7.11. The molecule has 0 atom stereocenters. The number of methoxy groups -OCH3 is 1. The van der Waals surface area contributed by atoms with Crippen molar-refractivity contribution in [1.82, 2.24) is 5.32 Å². The molecule has 0 aliphatic heterocycles. The lowest BCUT2D eigenvalue weighted by molar-refractivity contribution is 0.415. The van der Waals surface area contributed by atoms with Gasteiger partial charge in [-0.05, 0) is 40.7 Å². The van der Waals surface area contributed by atoms with Crippen molar-refractivity contribution >= 4 is 33.8 Å². The number of ether oxygens (including phenoxy) is 1. The van der Waals surface area contributed by atoms with Crippen LogP contribution in [0.4, 0.5) is 5.69 Å². The van der Waals surface area contributed by atoms with Crippen LogP contribution in [0.3, 0.4) is 0 Å². The molecule has 0 amide bonds. The second-order valence-corrected chi connectivity index (χ2v) is 5.59. The molecule has 3 aromatic rings. The number of thiocarbonyl (C=S) groups is 1. The molecule has 0 aliphatic carbocycles. The van der Waals surface area contributed by atoms with Crippen LogP contribution in [0, 0.1) is 0 Å². The van der Waals surface area contributed by atoms with Crippen molar-refractivity contribution < 1.29 is 4.74 Å². The first-order valence-corrected chi connectivity index (χ1v) is 7.82. The summed E-state index contributed by atoms with van der Waals surface area (Å²) in [6.07, 6.45) is 0. The molecule has 4 heteroatoms. The fourth-order valence-electron chi connectivity index (χ4n) is 2.50. The quantitative estimate of drug-likeness (QED) is 0.700. The normalized spacial score (nSPS) is 10.3. The number of fused-ring (bicyclic) bond motifs is 1. The fourth-order valence-corrected chi connectivity index (χ4v) is 2.69. The topological polar surface area (TPSA) is 33.3 Å². The van der Waals surface area contributed by atoms with E-state index in [-0.39, 0.29) is 0 Å². The Bertz CT molecular complexity index is 827. The second-order valence-electron chi connectivity index (χ2n) is 5.18. The Kier molecular flexibility index (Phi) is 4.74. The Labute approximate surface area is 141 Å². The Morgan fingerprint density at radius 2 is 1.78 bits per heavy atom. The molecule has 0 saturated heterocycles. The SMILES string of the molecule is COc1cccc(NC(=S)NCc2cccc3ccccc23)c1. The molecule has 3 aromatic carbocycles. The number of rotatable bonds is 4. The minimum absolute atomic E-state index is 0.589. The molecule has 0 aromatic heterocycles. The fraction of sp³-hybridized carbons (Fsp3) is 0.105. The maximum absolute atomic E-state index is 5.37. The first-order chi connectivity index (χ1) is 11.3. The molecular formula is C19H18N2OS. The number of hydrogen-bond donors (Lipinski definition) is 2. The summed E-state index contributed by atoms with van der Waals surface area (Å²) in [4.78, 5) is 0. The van der Waals surface area contributed by atoms with Gasteiger partial charge < -0.3 is 15.4 Å². The monoisotopic (exact) mass is 322 g/mol. The maximum Gasteiger partial charge on any atom is 0.171 e. The van der Waals surface area contributed by atoms with E-state index in [1.54, 1.807) is 7.11 Å². The van der Waals surface area contributed by atoms with E-state index in [9.17, 15) is 0 Å². The van der Waals surface area contributed by atoms with Gasteiger partial charge in [0.15, 0.2) is 5.11 Å². The molecule has 0 aliphatic rings. The predicted molar refractivity (Wildman–Crippen MR) is 100 cm³/mol. The Morgan fingerprint density at radius 1 is 1.00 bits per heavy atom. The summed E-state index contributed by atoms with van der Waals surface area (Å²) >= 11 is 5.37. The highest BCUT2D eigenvalue weighted by atomic mass is 32.1. The Balaban J connectivity index is 1.66. The molecule has 0 bridgehead atoms. The summed E-state index contributed by atoms with van der Waals surface area (Å²) < 4.78 is 5.21. The van der Waals surface area contributed by atoms with E-state index in [4.69, 9.17) is 17.0 Å². The van der Waals surface area contributed by atoms with E-state index in [1.807, 2.05) is 24.3 Å². The molecular weight excluding hydrogens is 304 g/mol. The summed E-state index contributed by atoms with van der Waals surface area (Å²) in [5.74, 6) is 0.798. The van der Waals surface area contributed by atoms with E-state index in [0.29, 0.717) is 11.7 Å². The van der Waals surface area contributed by atoms with E-state index < -0.39 is 0 Å². The number of benzene rings is 3. The van der Waals surface area contributed by atoms with Crippen molar-refractivity contribution in [2.75, 3.05) is 12.4 Å². The molecule has 0 heterocycles. The molecule has 0 saturated carbocycles. The number of anilines is 1. The third-order valence-corrected chi connectivity index (χ3v) is 3.89. The highest BCUT2D eigenvalue weighted by molar-refractivity contribution is 7.80. The van der Waals surface area contributed by atoms with Crippen molar-refractivity contribution in [3.05, 3.63) is 72.3 Å². The van der Waals surface area contributed by atoms with Gasteiger partial charge in [-0.3, -0.25) is 0 Å². The Morgan fingerprint density at radius 3 is 2.65 bits per heavy atom. The zero-order valence-electron chi connectivity index (χ0n) is 12.9. The van der Waals surface area contributed by atoms with Crippen LogP contribution in [0.2, 0.25) is 0 Å². The van der Waals surface area contributed by atoms with Crippen LogP contribution in [0.1, 0.15) is 5.56 Å². The van der Waals surface area contributed by atoms with Crippen LogP contribution in [-0.2, 0) is 6.54 Å². The highest BCUT2D eigenvalue weighted by Gasteiger charge is 2.02. The van der Waals surface area contributed by atoms with Crippen LogP contribution >= 0.6 is 12.2 Å². The lowest BCUT2D eigenvalue weighted by Crippen LogP contribution is -2.27. The largest absolute Gasteiger partial charge is 0.497 e. The van der Waals surface area contributed by atoms with E-state index in [1.165, 1.54) is 16.3 Å². The van der Waals surface area contributed by atoms with Crippen molar-refractivity contribution in [3.8, 4) is 5.75 Å². The van der Waals surface area contributed by atoms with Crippen LogP contribution in [0.5, 0.6) is 5.75 Å². The first-order valence-electron chi connectivity index (χ1n) is 7.42. The molecule has 23 heavy (non-hydrogen) atoms. The summed E-state index contributed by atoms with van der Waals surface area (Å²) in [6.45, 7) is 0.678. The van der Waals surface area contributed by atoms with Gasteiger partial charge in [-0.15, -0.1) is 0 Å². The third kappa shape index (κ3) is 3.79. The molecule has 3 nitrogen and oxygen atoms in total. The average molecular weight is 322 g/mol. The van der Waals surface area contributed by atoms with E-state index in [0.717, 1.165) is 11.4 Å². The number of hydrogen-bond acceptors (Lipinski definition) is 2. The van der Waals surface area contributed by atoms with Crippen LogP contribution in [-0.4, -0.2) is 12.2 Å². The highest BCUT2D eigenvalue weighted by Crippen LogP contribution is 2.19. The van der Waals surface area contributed by atoms with Gasteiger partial charge >= 0.3 is 0 Å². The van der Waals surface area contributed by atoms with E-state index in [2.05, 4.69) is 53.1 Å². The number of nitrogens with one attached hydrogen (secondary N) is 2. The zero-order valence-corrected chi connectivity index (χ0v) is 13.7. The molecule has 2 N–H and O–H groups in total. The molecule has 3 rings (SSSR count). The van der Waals surface area contributed by atoms with Gasteiger partial charge in [0.2, 0.25) is 0 Å². The van der Waals surface area contributed by atoms with Crippen molar-refractivity contribution in [1.29, 1.82) is 0 Å². The van der Waals surface area contributed by atoms with Crippen molar-refractivity contribution in [3.63, 3.8) is 0 Å². The lowest BCUT2D eigenvalue weighted by Gasteiger charge is -2.12. The van der Waals surface area contributed by atoms with Crippen LogP contribution in [0.25, 0.3) is 10.8 Å². The van der Waals surface area contributed by atoms with E-state index >= 15 is 0 Å². The summed E-state index contributed by atoms with van der Waals surface area (Å²) in [5.41, 5.74) is 2.12. The minimum atomic E-state index is 0.589. The lowest BCUT2D eigenvalue weighted by atomic mass is 10.0. The maximum atomic E-state index is 5.37. The van der Waals surface area contributed by atoms with Crippen molar-refractivity contribution in [2.45, 2.75) is 6.54 Å². The predicted octanol–water partition coefficient (Wildman–Crippen LogP) is 4.34.